The second kappa shape index (κ2) is 5.46. The summed E-state index contributed by atoms with van der Waals surface area (Å²) in [5, 5.41) is 12.9. The van der Waals surface area contributed by atoms with Crippen LogP contribution in [0.1, 0.15) is 31.2 Å². The number of aliphatic hydroxyl groups is 1. The summed E-state index contributed by atoms with van der Waals surface area (Å²) in [4.78, 5) is 0. The van der Waals surface area contributed by atoms with Gasteiger partial charge in [0.15, 0.2) is 0 Å². The zero-order valence-electron chi connectivity index (χ0n) is 9.68. The van der Waals surface area contributed by atoms with Gasteiger partial charge in [-0.3, -0.25) is 0 Å². The van der Waals surface area contributed by atoms with Crippen LogP contribution in [0.3, 0.4) is 0 Å². The van der Waals surface area contributed by atoms with Gasteiger partial charge >= 0.3 is 0 Å². The summed E-state index contributed by atoms with van der Waals surface area (Å²) in [5.41, 5.74) is 0.732. The fourth-order valence-corrected chi connectivity index (χ4v) is 2.79. The summed E-state index contributed by atoms with van der Waals surface area (Å²) in [6.45, 7) is 0.735. The molecule has 2 rings (SSSR count). The Balaban J connectivity index is 2.03. The molecule has 2 nitrogen and oxygen atoms in total. The first kappa shape index (κ1) is 13.0. The molecule has 1 aromatic carbocycles. The van der Waals surface area contributed by atoms with E-state index < -0.39 is 0 Å². The second-order valence-electron chi connectivity index (χ2n) is 4.73. The predicted octanol–water partition coefficient (Wildman–Crippen LogP) is 2.98. The summed E-state index contributed by atoms with van der Waals surface area (Å²) >= 11 is 3.41. The van der Waals surface area contributed by atoms with Crippen molar-refractivity contribution in [2.24, 2.45) is 0 Å². The Labute approximate surface area is 109 Å². The molecule has 1 saturated carbocycles. The van der Waals surface area contributed by atoms with E-state index in [2.05, 4.69) is 21.2 Å². The highest BCUT2D eigenvalue weighted by Gasteiger charge is 2.32. The van der Waals surface area contributed by atoms with Gasteiger partial charge in [0.25, 0.3) is 0 Å². The van der Waals surface area contributed by atoms with Crippen molar-refractivity contribution < 1.29 is 9.50 Å². The monoisotopic (exact) mass is 301 g/mol. The summed E-state index contributed by atoms with van der Waals surface area (Å²) in [6.07, 6.45) is 4.29. The maximum absolute atomic E-state index is 13.1. The van der Waals surface area contributed by atoms with Crippen LogP contribution in [0.4, 0.5) is 4.39 Å². The highest BCUT2D eigenvalue weighted by molar-refractivity contribution is 9.10. The minimum absolute atomic E-state index is 0.153. The molecule has 1 fully saturated rings. The highest BCUT2D eigenvalue weighted by atomic mass is 79.9. The van der Waals surface area contributed by atoms with E-state index in [0.717, 1.165) is 35.7 Å². The molecule has 4 heteroatoms. The largest absolute Gasteiger partial charge is 0.394 e. The molecule has 0 aromatic heterocycles. The zero-order chi connectivity index (χ0) is 12.3. The summed E-state index contributed by atoms with van der Waals surface area (Å²) in [7, 11) is 0. The molecule has 17 heavy (non-hydrogen) atoms. The molecule has 0 unspecified atom stereocenters. The van der Waals surface area contributed by atoms with Crippen LogP contribution in [0.15, 0.2) is 22.7 Å². The van der Waals surface area contributed by atoms with Gasteiger partial charge in [0.05, 0.1) is 6.61 Å². The third kappa shape index (κ3) is 3.06. The molecule has 1 aliphatic carbocycles. The van der Waals surface area contributed by atoms with E-state index >= 15 is 0 Å². The minimum atomic E-state index is -0.227. The highest BCUT2D eigenvalue weighted by Crippen LogP contribution is 2.30. The minimum Gasteiger partial charge on any atom is -0.394 e. The fourth-order valence-electron chi connectivity index (χ4n) is 2.40. The average molecular weight is 302 g/mol. The molecule has 94 valence electrons. The van der Waals surface area contributed by atoms with E-state index in [1.54, 1.807) is 6.07 Å². The van der Waals surface area contributed by atoms with Gasteiger partial charge in [-0.2, -0.15) is 0 Å². The molecule has 0 bridgehead atoms. The first-order valence-electron chi connectivity index (χ1n) is 5.95. The smallest absolute Gasteiger partial charge is 0.123 e. The van der Waals surface area contributed by atoms with Crippen molar-refractivity contribution in [1.29, 1.82) is 0 Å². The Morgan fingerprint density at radius 2 is 2.06 bits per heavy atom. The molecular weight excluding hydrogens is 285 g/mol. The van der Waals surface area contributed by atoms with Crippen LogP contribution in [-0.4, -0.2) is 17.3 Å². The number of halogens is 2. The maximum atomic E-state index is 13.1. The Morgan fingerprint density at radius 1 is 1.35 bits per heavy atom. The molecule has 0 amide bonds. The van der Waals surface area contributed by atoms with Crippen LogP contribution in [-0.2, 0) is 6.54 Å². The lowest BCUT2D eigenvalue weighted by molar-refractivity contribution is 0.163. The maximum Gasteiger partial charge on any atom is 0.123 e. The molecule has 0 aliphatic heterocycles. The third-order valence-electron chi connectivity index (χ3n) is 3.52. The Bertz CT molecular complexity index is 391. The van der Waals surface area contributed by atoms with Crippen molar-refractivity contribution in [2.45, 2.75) is 37.8 Å². The van der Waals surface area contributed by atoms with E-state index in [1.807, 2.05) is 0 Å². The van der Waals surface area contributed by atoms with E-state index in [0.29, 0.717) is 6.54 Å². The van der Waals surface area contributed by atoms with E-state index in [9.17, 15) is 9.50 Å². The van der Waals surface area contributed by atoms with Gasteiger partial charge in [-0.1, -0.05) is 28.8 Å². The van der Waals surface area contributed by atoms with Crippen molar-refractivity contribution in [3.05, 3.63) is 34.1 Å². The molecule has 0 heterocycles. The van der Waals surface area contributed by atoms with E-state index in [1.165, 1.54) is 12.1 Å². The third-order valence-corrected chi connectivity index (χ3v) is 4.30. The van der Waals surface area contributed by atoms with Gasteiger partial charge in [0.2, 0.25) is 0 Å². The Kier molecular flexibility index (Phi) is 4.17. The summed E-state index contributed by atoms with van der Waals surface area (Å²) in [6, 6.07) is 4.68. The summed E-state index contributed by atoms with van der Waals surface area (Å²) in [5.74, 6) is -0.227. The van der Waals surface area contributed by atoms with Crippen LogP contribution in [0, 0.1) is 5.82 Å². The van der Waals surface area contributed by atoms with Crippen LogP contribution >= 0.6 is 15.9 Å². The number of aliphatic hydroxyl groups excluding tert-OH is 1. The summed E-state index contributed by atoms with van der Waals surface area (Å²) < 4.78 is 14.0. The quantitative estimate of drug-likeness (QED) is 0.896. The normalized spacial score (nSPS) is 18.5. The number of benzene rings is 1. The number of nitrogens with one attached hydrogen (secondary N) is 1. The SMILES string of the molecule is OCC1(NCc2cc(F)ccc2Br)CCCC1. The predicted molar refractivity (Wildman–Crippen MR) is 69.2 cm³/mol. The van der Waals surface area contributed by atoms with E-state index in [-0.39, 0.29) is 18.0 Å². The molecule has 1 aliphatic rings. The van der Waals surface area contributed by atoms with Crippen LogP contribution in [0.2, 0.25) is 0 Å². The van der Waals surface area contributed by atoms with Gasteiger partial charge in [0.1, 0.15) is 5.82 Å². The second-order valence-corrected chi connectivity index (χ2v) is 5.59. The Hall–Kier alpha value is -0.450. The zero-order valence-corrected chi connectivity index (χ0v) is 11.3. The van der Waals surface area contributed by atoms with Crippen molar-refractivity contribution in [3.63, 3.8) is 0 Å². The molecule has 0 saturated heterocycles. The molecule has 0 radical (unpaired) electrons. The lowest BCUT2D eigenvalue weighted by atomic mass is 9.98. The molecule has 0 spiro atoms. The fraction of sp³-hybridized carbons (Fsp3) is 0.538. The van der Waals surface area contributed by atoms with Gasteiger partial charge in [0, 0.05) is 16.6 Å². The molecule has 0 atom stereocenters. The number of hydrogen-bond acceptors (Lipinski definition) is 2. The first-order chi connectivity index (χ1) is 8.15. The average Bonchev–Trinajstić information content (AvgIpc) is 2.80. The van der Waals surface area contributed by atoms with Crippen LogP contribution in [0.5, 0.6) is 0 Å². The number of rotatable bonds is 4. The molecular formula is C13H17BrFNO. The first-order valence-corrected chi connectivity index (χ1v) is 6.74. The van der Waals surface area contributed by atoms with Crippen LogP contribution in [0.25, 0.3) is 0 Å². The van der Waals surface area contributed by atoms with Crippen molar-refractivity contribution in [2.75, 3.05) is 6.61 Å². The van der Waals surface area contributed by atoms with Crippen molar-refractivity contribution >= 4 is 15.9 Å². The van der Waals surface area contributed by atoms with Gasteiger partial charge in [-0.25, -0.2) is 4.39 Å². The van der Waals surface area contributed by atoms with E-state index in [4.69, 9.17) is 0 Å². The lowest BCUT2D eigenvalue weighted by Crippen LogP contribution is -2.45. The van der Waals surface area contributed by atoms with Crippen LogP contribution < -0.4 is 5.32 Å². The van der Waals surface area contributed by atoms with Gasteiger partial charge < -0.3 is 10.4 Å². The lowest BCUT2D eigenvalue weighted by Gasteiger charge is -2.28. The standard InChI is InChI=1S/C13H17BrFNO/c14-12-4-3-11(15)7-10(12)8-16-13(9-17)5-1-2-6-13/h3-4,7,16-17H,1-2,5-6,8-9H2. The van der Waals surface area contributed by atoms with Gasteiger partial charge in [-0.15, -0.1) is 0 Å². The molecule has 1 aromatic rings. The Morgan fingerprint density at radius 3 is 2.71 bits per heavy atom. The van der Waals surface area contributed by atoms with Crippen molar-refractivity contribution in [3.8, 4) is 0 Å². The molecule has 2 N–H and O–H groups in total. The topological polar surface area (TPSA) is 32.3 Å². The van der Waals surface area contributed by atoms with Gasteiger partial charge in [-0.05, 0) is 36.6 Å². The number of hydrogen-bond donors (Lipinski definition) is 2. The van der Waals surface area contributed by atoms with Crippen molar-refractivity contribution in [1.82, 2.24) is 5.32 Å².